The van der Waals surface area contributed by atoms with Crippen molar-refractivity contribution in [2.24, 2.45) is 9.98 Å². The minimum Gasteiger partial charge on any atom is -0.374 e. The molecule has 1 rings (SSSR count). The van der Waals surface area contributed by atoms with Crippen molar-refractivity contribution >= 4 is 21.5 Å². The van der Waals surface area contributed by atoms with Gasteiger partial charge in [-0.05, 0) is 55.4 Å². The minimum atomic E-state index is -2.63. The van der Waals surface area contributed by atoms with Crippen LogP contribution in [-0.2, 0) is 13.3 Å². The Balaban J connectivity index is 2.83. The molecule has 1 heterocycles. The summed E-state index contributed by atoms with van der Waals surface area (Å²) in [6.07, 6.45) is 4.47. The molecule has 1 aliphatic rings. The molecule has 0 bridgehead atoms. The molecule has 10 heteroatoms. The van der Waals surface area contributed by atoms with Crippen molar-refractivity contribution in [1.29, 1.82) is 0 Å². The normalized spacial score (nSPS) is 17.1. The van der Waals surface area contributed by atoms with Crippen molar-refractivity contribution in [2.45, 2.75) is 39.5 Å². The molecule has 0 saturated carbocycles. The quantitative estimate of drug-likeness (QED) is 0.315. The second kappa shape index (κ2) is 15.0. The highest BCUT2D eigenvalue weighted by atomic mass is 28.4. The van der Waals surface area contributed by atoms with Gasteiger partial charge in [-0.3, -0.25) is 4.90 Å². The molecular weight excluding hydrogens is 400 g/mol. The molecular formula is C20H44N6O3Si. The van der Waals surface area contributed by atoms with Gasteiger partial charge < -0.3 is 28.0 Å². The third kappa shape index (κ3) is 9.95. The third-order valence-corrected chi connectivity index (χ3v) is 7.92. The Morgan fingerprint density at radius 1 is 0.867 bits per heavy atom. The predicted octanol–water partition coefficient (Wildman–Crippen LogP) is 1.51. The number of aliphatic imine (C=N–C) groups is 2. The topological polar surface area (TPSA) is 65.4 Å². The van der Waals surface area contributed by atoms with Gasteiger partial charge in [0, 0.05) is 58.6 Å². The van der Waals surface area contributed by atoms with E-state index in [1.807, 2.05) is 27.1 Å². The lowest BCUT2D eigenvalue weighted by atomic mass is 10.3. The van der Waals surface area contributed by atoms with Crippen LogP contribution in [-0.4, -0.2) is 128 Å². The van der Waals surface area contributed by atoms with Gasteiger partial charge in [0.25, 0.3) is 0 Å². The van der Waals surface area contributed by atoms with E-state index >= 15 is 0 Å². The zero-order chi connectivity index (χ0) is 22.4. The van der Waals surface area contributed by atoms with E-state index < -0.39 is 8.80 Å². The molecule has 9 nitrogen and oxygen atoms in total. The highest BCUT2D eigenvalue weighted by Gasteiger charge is 2.40. The minimum absolute atomic E-state index is 0.0373. The molecule has 176 valence electrons. The number of hydrogen-bond acceptors (Lipinski definition) is 9. The first-order chi connectivity index (χ1) is 14.4. The largest absolute Gasteiger partial charge is 0.500 e. The fraction of sp³-hybridized carbons (Fsp3) is 0.900. The molecule has 0 spiro atoms. The van der Waals surface area contributed by atoms with Gasteiger partial charge in [0.15, 0.2) is 6.29 Å². The Morgan fingerprint density at radius 3 is 2.00 bits per heavy atom. The average molecular weight is 445 g/mol. The van der Waals surface area contributed by atoms with Crippen molar-refractivity contribution in [2.75, 3.05) is 80.7 Å². The molecule has 30 heavy (non-hydrogen) atoms. The number of hydrogen-bond donors (Lipinski definition) is 0. The van der Waals surface area contributed by atoms with Crippen LogP contribution in [0.3, 0.4) is 0 Å². The van der Waals surface area contributed by atoms with E-state index in [0.29, 0.717) is 19.8 Å². The van der Waals surface area contributed by atoms with Crippen molar-refractivity contribution in [3.05, 3.63) is 0 Å². The maximum absolute atomic E-state index is 6.02. The van der Waals surface area contributed by atoms with Gasteiger partial charge in [-0.1, -0.05) is 0 Å². The average Bonchev–Trinajstić information content (AvgIpc) is 2.70. The summed E-state index contributed by atoms with van der Waals surface area (Å²) >= 11 is 0. The lowest BCUT2D eigenvalue weighted by molar-refractivity contribution is 0.0639. The fourth-order valence-corrected chi connectivity index (χ4v) is 5.92. The molecule has 1 aliphatic heterocycles. The Labute approximate surface area is 185 Å². The second-order valence-corrected chi connectivity index (χ2v) is 10.6. The van der Waals surface area contributed by atoms with Gasteiger partial charge >= 0.3 is 8.80 Å². The van der Waals surface area contributed by atoms with Crippen molar-refractivity contribution in [3.63, 3.8) is 0 Å². The van der Waals surface area contributed by atoms with Gasteiger partial charge in [-0.25, -0.2) is 9.98 Å². The van der Waals surface area contributed by atoms with Crippen LogP contribution in [0.2, 0.25) is 6.04 Å². The summed E-state index contributed by atoms with van der Waals surface area (Å²) in [4.78, 5) is 18.0. The van der Waals surface area contributed by atoms with Crippen molar-refractivity contribution in [3.8, 4) is 0 Å². The van der Waals surface area contributed by atoms with Gasteiger partial charge in [0.2, 0.25) is 0 Å². The molecule has 0 amide bonds. The number of rotatable bonds is 17. The Morgan fingerprint density at radius 2 is 1.47 bits per heavy atom. The van der Waals surface area contributed by atoms with Gasteiger partial charge in [-0.2, -0.15) is 0 Å². The first kappa shape index (κ1) is 27.2. The summed E-state index contributed by atoms with van der Waals surface area (Å²) in [6.45, 7) is 12.5. The molecule has 0 N–H and O–H groups in total. The summed E-state index contributed by atoms with van der Waals surface area (Å²) in [6, 6.07) is 0.809. The molecule has 0 aromatic heterocycles. The van der Waals surface area contributed by atoms with Gasteiger partial charge in [0.05, 0.1) is 6.34 Å². The molecule has 0 radical (unpaired) electrons. The Bertz CT molecular complexity index is 490. The van der Waals surface area contributed by atoms with E-state index in [-0.39, 0.29) is 6.29 Å². The summed E-state index contributed by atoms with van der Waals surface area (Å²) in [5.41, 5.74) is 0. The van der Waals surface area contributed by atoms with E-state index in [1.165, 1.54) is 0 Å². The number of nitrogens with zero attached hydrogens (tertiary/aromatic N) is 6. The predicted molar refractivity (Wildman–Crippen MR) is 126 cm³/mol. The van der Waals surface area contributed by atoms with E-state index in [4.69, 9.17) is 18.3 Å². The molecule has 1 atom stereocenters. The van der Waals surface area contributed by atoms with E-state index in [1.54, 1.807) is 6.34 Å². The molecule has 1 unspecified atom stereocenters. The van der Waals surface area contributed by atoms with E-state index in [9.17, 15) is 0 Å². The lowest BCUT2D eigenvalue weighted by Crippen LogP contribution is -2.52. The van der Waals surface area contributed by atoms with Crippen LogP contribution >= 0.6 is 0 Å². The van der Waals surface area contributed by atoms with Crippen LogP contribution in [0.15, 0.2) is 9.98 Å². The maximum Gasteiger partial charge on any atom is 0.500 e. The summed E-state index contributed by atoms with van der Waals surface area (Å²) in [7, 11) is 5.75. The third-order valence-electron chi connectivity index (χ3n) is 4.77. The van der Waals surface area contributed by atoms with E-state index in [2.05, 4.69) is 52.8 Å². The Kier molecular flexibility index (Phi) is 13.6. The summed E-state index contributed by atoms with van der Waals surface area (Å²) in [5, 5.41) is 0. The van der Waals surface area contributed by atoms with E-state index in [0.717, 1.165) is 45.2 Å². The Hall–Kier alpha value is -0.883. The molecule has 0 aromatic rings. The molecule has 0 fully saturated rings. The summed E-state index contributed by atoms with van der Waals surface area (Å²) < 4.78 is 18.1. The lowest BCUT2D eigenvalue weighted by Gasteiger charge is -2.38. The van der Waals surface area contributed by atoms with Gasteiger partial charge in [-0.15, -0.1) is 0 Å². The van der Waals surface area contributed by atoms with Crippen LogP contribution in [0.5, 0.6) is 0 Å². The molecule has 0 saturated heterocycles. The van der Waals surface area contributed by atoms with Crippen LogP contribution in [0, 0.1) is 0 Å². The standard InChI is InChI=1S/C20H44N6O3Si/c1-8-27-30(28-9-2,29-10-3)17-11-12-25(15-13-23(4)5)20-22-18-21-19-26(20)16-14-24(6)7/h18-20H,8-17H2,1-7H3. The van der Waals surface area contributed by atoms with Gasteiger partial charge in [0.1, 0.15) is 6.34 Å². The van der Waals surface area contributed by atoms with Crippen LogP contribution in [0.4, 0.5) is 0 Å². The maximum atomic E-state index is 6.02. The monoisotopic (exact) mass is 444 g/mol. The summed E-state index contributed by atoms with van der Waals surface area (Å²) in [5.74, 6) is 0. The first-order valence-electron chi connectivity index (χ1n) is 11.1. The zero-order valence-electron chi connectivity index (χ0n) is 20.2. The highest BCUT2D eigenvalue weighted by Crippen LogP contribution is 2.20. The second-order valence-electron chi connectivity index (χ2n) is 7.84. The fourth-order valence-electron chi connectivity index (χ4n) is 3.32. The highest BCUT2D eigenvalue weighted by molar-refractivity contribution is 6.60. The molecule has 0 aliphatic carbocycles. The van der Waals surface area contributed by atoms with Crippen LogP contribution in [0.1, 0.15) is 27.2 Å². The number of likely N-dealkylation sites (N-methyl/N-ethyl adjacent to an activating group) is 2. The van der Waals surface area contributed by atoms with Crippen molar-refractivity contribution in [1.82, 2.24) is 19.6 Å². The van der Waals surface area contributed by atoms with Crippen LogP contribution < -0.4 is 0 Å². The smallest absolute Gasteiger partial charge is 0.374 e. The molecule has 0 aromatic carbocycles. The first-order valence-corrected chi connectivity index (χ1v) is 13.1. The SMILES string of the molecule is CCO[Si](CCCN(CCN(C)C)C1N=CN=CN1CCN(C)C)(OCC)OCC. The van der Waals surface area contributed by atoms with Crippen molar-refractivity contribution < 1.29 is 13.3 Å². The zero-order valence-corrected chi connectivity index (χ0v) is 21.2. The van der Waals surface area contributed by atoms with Crippen LogP contribution in [0.25, 0.3) is 0 Å².